The Kier molecular flexibility index (Phi) is 5.32. The van der Waals surface area contributed by atoms with E-state index in [9.17, 15) is 14.8 Å². The summed E-state index contributed by atoms with van der Waals surface area (Å²) in [4.78, 5) is 26.2. The van der Waals surface area contributed by atoms with Gasteiger partial charge in [-0.05, 0) is 52.3 Å². The van der Waals surface area contributed by atoms with Gasteiger partial charge in [0, 0.05) is 29.6 Å². The first-order valence-electron chi connectivity index (χ1n) is 8.19. The smallest absolute Gasteiger partial charge is 0.411 e. The van der Waals surface area contributed by atoms with Crippen molar-refractivity contribution in [2.75, 3.05) is 5.32 Å². The summed E-state index contributed by atoms with van der Waals surface area (Å²) in [6, 6.07) is 5.03. The number of hydroxylamine groups is 2. The fourth-order valence-corrected chi connectivity index (χ4v) is 3.41. The molecular weight excluding hydrogens is 322 g/mol. The molecule has 1 N–H and O–H groups in total. The molecule has 1 aromatic rings. The molecule has 1 aliphatic heterocycles. The molecule has 2 rings (SSSR count). The van der Waals surface area contributed by atoms with E-state index in [2.05, 4.69) is 10.3 Å². The summed E-state index contributed by atoms with van der Waals surface area (Å²) in [5.74, 6) is 0. The fraction of sp³-hybridized carbons (Fsp3) is 0.556. The number of aryl methyl sites for hydroxylation is 1. The van der Waals surface area contributed by atoms with Crippen molar-refractivity contribution in [2.45, 2.75) is 64.6 Å². The zero-order valence-corrected chi connectivity index (χ0v) is 15.3. The molecule has 0 aliphatic carbocycles. The van der Waals surface area contributed by atoms with E-state index in [1.54, 1.807) is 25.1 Å². The molecule has 1 aliphatic rings. The summed E-state index contributed by atoms with van der Waals surface area (Å²) < 4.78 is 5.52. The Morgan fingerprint density at radius 3 is 2.44 bits per heavy atom. The average molecular weight is 346 g/mol. The van der Waals surface area contributed by atoms with Crippen LogP contribution in [0.4, 0.5) is 16.2 Å². The third-order valence-electron chi connectivity index (χ3n) is 4.45. The van der Waals surface area contributed by atoms with Crippen LogP contribution in [0.25, 0.3) is 0 Å². The van der Waals surface area contributed by atoms with Gasteiger partial charge in [0.05, 0.1) is 5.69 Å². The average Bonchev–Trinajstić information content (AvgIpc) is 2.47. The maximum atomic E-state index is 12.3. The second-order valence-corrected chi connectivity index (χ2v) is 7.68. The van der Waals surface area contributed by atoms with E-state index in [4.69, 9.17) is 4.74 Å². The number of anilines is 1. The van der Waals surface area contributed by atoms with Crippen molar-refractivity contribution in [3.05, 3.63) is 23.8 Å². The normalized spacial score (nSPS) is 19.8. The summed E-state index contributed by atoms with van der Waals surface area (Å²) in [5, 5.41) is 16.1. The number of aliphatic imine (C=N–C) groups is 1. The molecule has 7 heteroatoms. The van der Waals surface area contributed by atoms with E-state index < -0.39 is 17.2 Å². The Morgan fingerprint density at radius 2 is 1.88 bits per heavy atom. The number of benzene rings is 1. The fourth-order valence-electron chi connectivity index (χ4n) is 3.41. The van der Waals surface area contributed by atoms with Gasteiger partial charge >= 0.3 is 6.09 Å². The van der Waals surface area contributed by atoms with Crippen molar-refractivity contribution >= 4 is 23.5 Å². The number of hydrogen-bond donors (Lipinski definition) is 1. The molecule has 0 atom stereocenters. The topological polar surface area (TPSA) is 90.9 Å². The molecule has 1 saturated heterocycles. The predicted molar refractivity (Wildman–Crippen MR) is 92.8 cm³/mol. The van der Waals surface area contributed by atoms with Gasteiger partial charge in [0.25, 0.3) is 0 Å². The van der Waals surface area contributed by atoms with Crippen molar-refractivity contribution in [1.29, 1.82) is 0 Å². The van der Waals surface area contributed by atoms with Crippen molar-refractivity contribution in [3.8, 4) is 0 Å². The quantitative estimate of drug-likeness (QED) is 0.664. The van der Waals surface area contributed by atoms with Gasteiger partial charge in [-0.1, -0.05) is 6.07 Å². The number of rotatable bonds is 3. The second kappa shape index (κ2) is 6.96. The molecular formula is C18H24N3O4. The first-order valence-corrected chi connectivity index (χ1v) is 8.19. The van der Waals surface area contributed by atoms with Gasteiger partial charge in [0.15, 0.2) is 0 Å². The standard InChI is InChI=1S/C18H24N3O4/c1-12-6-7-13(8-15(12)19-11-22)20-16(23)25-14-9-17(2,3)21(24)18(4,5)10-14/h6-8,14H,9-10H2,1-5H3,(H,20,23). The lowest BCUT2D eigenvalue weighted by Crippen LogP contribution is -2.60. The first-order chi connectivity index (χ1) is 11.5. The maximum absolute atomic E-state index is 12.3. The van der Waals surface area contributed by atoms with E-state index in [0.29, 0.717) is 24.2 Å². The van der Waals surface area contributed by atoms with Crippen LogP contribution in [0, 0.1) is 6.92 Å². The van der Waals surface area contributed by atoms with Crippen molar-refractivity contribution in [1.82, 2.24) is 5.06 Å². The van der Waals surface area contributed by atoms with Crippen LogP contribution in [0.15, 0.2) is 23.2 Å². The zero-order chi connectivity index (χ0) is 18.8. The number of carbonyl (C=O) groups excluding carboxylic acids is 2. The van der Waals surface area contributed by atoms with E-state index in [1.165, 1.54) is 6.08 Å². The van der Waals surface area contributed by atoms with Crippen molar-refractivity contribution < 1.29 is 19.5 Å². The molecule has 0 saturated carbocycles. The summed E-state index contributed by atoms with van der Waals surface area (Å²) in [7, 11) is 0. The van der Waals surface area contributed by atoms with Crippen LogP contribution < -0.4 is 5.32 Å². The van der Waals surface area contributed by atoms with Crippen molar-refractivity contribution in [3.63, 3.8) is 0 Å². The van der Waals surface area contributed by atoms with Crippen LogP contribution in [0.3, 0.4) is 0 Å². The van der Waals surface area contributed by atoms with Gasteiger partial charge in [0.2, 0.25) is 6.08 Å². The van der Waals surface area contributed by atoms with Crippen molar-refractivity contribution in [2.24, 2.45) is 4.99 Å². The van der Waals surface area contributed by atoms with Gasteiger partial charge in [-0.15, -0.1) is 10.3 Å². The minimum atomic E-state index is -0.609. The number of amides is 1. The Labute approximate surface area is 147 Å². The van der Waals surface area contributed by atoms with Crippen LogP contribution in [0.2, 0.25) is 0 Å². The van der Waals surface area contributed by atoms with E-state index in [0.717, 1.165) is 10.6 Å². The molecule has 25 heavy (non-hydrogen) atoms. The Morgan fingerprint density at radius 1 is 1.28 bits per heavy atom. The third kappa shape index (κ3) is 4.45. The van der Waals surface area contributed by atoms with E-state index in [-0.39, 0.29) is 6.10 Å². The molecule has 0 unspecified atom stereocenters. The number of hydrogen-bond acceptors (Lipinski definition) is 5. The highest BCUT2D eigenvalue weighted by atomic mass is 16.6. The highest BCUT2D eigenvalue weighted by molar-refractivity contribution is 5.85. The second-order valence-electron chi connectivity index (χ2n) is 7.68. The van der Waals surface area contributed by atoms with Gasteiger partial charge in [-0.3, -0.25) is 5.32 Å². The molecule has 1 heterocycles. The monoisotopic (exact) mass is 346 g/mol. The van der Waals surface area contributed by atoms with Crippen LogP contribution >= 0.6 is 0 Å². The molecule has 1 aromatic carbocycles. The van der Waals surface area contributed by atoms with Crippen LogP contribution in [-0.2, 0) is 14.7 Å². The number of nitrogens with zero attached hydrogens (tertiary/aromatic N) is 2. The van der Waals surface area contributed by atoms with Gasteiger partial charge < -0.3 is 4.74 Å². The Hall–Kier alpha value is -2.21. The highest BCUT2D eigenvalue weighted by Crippen LogP contribution is 2.38. The number of carbonyl (C=O) groups is 1. The molecule has 1 amide bonds. The Balaban J connectivity index is 2.05. The van der Waals surface area contributed by atoms with Crippen LogP contribution in [0.5, 0.6) is 0 Å². The maximum Gasteiger partial charge on any atom is 0.411 e. The minimum absolute atomic E-state index is 0.354. The molecule has 0 bridgehead atoms. The van der Waals surface area contributed by atoms with Gasteiger partial charge in [0.1, 0.15) is 6.10 Å². The number of nitrogens with one attached hydrogen (secondary N) is 1. The molecule has 7 nitrogen and oxygen atoms in total. The molecule has 0 spiro atoms. The van der Waals surface area contributed by atoms with Gasteiger partial charge in [-0.2, -0.15) is 4.99 Å². The van der Waals surface area contributed by atoms with E-state index >= 15 is 0 Å². The molecule has 1 radical (unpaired) electrons. The summed E-state index contributed by atoms with van der Waals surface area (Å²) in [6.07, 6.45) is 1.46. The van der Waals surface area contributed by atoms with Crippen LogP contribution in [0.1, 0.15) is 46.1 Å². The minimum Gasteiger partial charge on any atom is -0.446 e. The molecule has 1 fully saturated rings. The number of ether oxygens (including phenoxy) is 1. The predicted octanol–water partition coefficient (Wildman–Crippen LogP) is 3.88. The summed E-state index contributed by atoms with van der Waals surface area (Å²) in [5.41, 5.74) is 0.498. The zero-order valence-electron chi connectivity index (χ0n) is 15.3. The van der Waals surface area contributed by atoms with Crippen LogP contribution in [-0.4, -0.2) is 34.4 Å². The Bertz CT molecular complexity index is 690. The largest absolute Gasteiger partial charge is 0.446 e. The molecule has 135 valence electrons. The molecule has 0 aromatic heterocycles. The number of isocyanates is 1. The lowest BCUT2D eigenvalue weighted by molar-refractivity contribution is -0.297. The summed E-state index contributed by atoms with van der Waals surface area (Å²) in [6.45, 7) is 9.19. The first kappa shape index (κ1) is 19.1. The third-order valence-corrected chi connectivity index (χ3v) is 4.45. The highest BCUT2D eigenvalue weighted by Gasteiger charge is 2.47. The number of piperidine rings is 1. The lowest BCUT2D eigenvalue weighted by atomic mass is 9.80. The summed E-state index contributed by atoms with van der Waals surface area (Å²) >= 11 is 0. The van der Waals surface area contributed by atoms with E-state index in [1.807, 2.05) is 27.7 Å². The lowest BCUT2D eigenvalue weighted by Gasteiger charge is -2.49. The van der Waals surface area contributed by atoms with Gasteiger partial charge in [-0.25, -0.2) is 9.59 Å². The SMILES string of the molecule is Cc1ccc(NC(=O)OC2CC(C)(C)N([O])C(C)(C)C2)cc1N=C=O.